The van der Waals surface area contributed by atoms with Crippen LogP contribution in [-0.4, -0.2) is 16.0 Å². The van der Waals surface area contributed by atoms with E-state index < -0.39 is 0 Å². The van der Waals surface area contributed by atoms with E-state index in [9.17, 15) is 15.0 Å². The van der Waals surface area contributed by atoms with Gasteiger partial charge in [-0.15, -0.1) is 0 Å². The number of fused-ring (bicyclic) bond motifs is 1. The van der Waals surface area contributed by atoms with Gasteiger partial charge in [-0.2, -0.15) is 0 Å². The van der Waals surface area contributed by atoms with Gasteiger partial charge in [-0.05, 0) is 0 Å². The molecule has 0 aromatic heterocycles. The number of aromatic hydroxyl groups is 2. The smallest absolute Gasteiger partial charge is 0.197 e. The molecule has 0 saturated heterocycles. The quantitative estimate of drug-likeness (QED) is 0.697. The van der Waals surface area contributed by atoms with Crippen molar-refractivity contribution in [3.05, 3.63) is 71.8 Å². The van der Waals surface area contributed by atoms with E-state index in [1.165, 1.54) is 6.07 Å². The summed E-state index contributed by atoms with van der Waals surface area (Å²) in [5, 5.41) is 21.0. The minimum absolute atomic E-state index is 0.0392. The highest BCUT2D eigenvalue weighted by Crippen LogP contribution is 2.35. The summed E-state index contributed by atoms with van der Waals surface area (Å²) in [6, 6.07) is 16.9. The van der Waals surface area contributed by atoms with E-state index in [4.69, 9.17) is 0 Å². The van der Waals surface area contributed by atoms with Crippen LogP contribution >= 0.6 is 0 Å². The summed E-state index contributed by atoms with van der Waals surface area (Å²) >= 11 is 0. The number of hydrogen-bond donors (Lipinski definition) is 2. The third kappa shape index (κ3) is 1.89. The van der Waals surface area contributed by atoms with Crippen LogP contribution in [-0.2, 0) is 0 Å². The van der Waals surface area contributed by atoms with Gasteiger partial charge >= 0.3 is 0 Å². The molecule has 3 aromatic carbocycles. The van der Waals surface area contributed by atoms with Crippen molar-refractivity contribution in [3.8, 4) is 11.5 Å². The zero-order valence-electron chi connectivity index (χ0n) is 10.6. The van der Waals surface area contributed by atoms with Gasteiger partial charge in [-0.3, -0.25) is 4.79 Å². The molecule has 0 unspecified atom stereocenters. The van der Waals surface area contributed by atoms with Crippen LogP contribution in [0.25, 0.3) is 10.8 Å². The zero-order valence-corrected chi connectivity index (χ0v) is 10.6. The van der Waals surface area contributed by atoms with Gasteiger partial charge < -0.3 is 10.2 Å². The number of benzene rings is 3. The molecule has 3 nitrogen and oxygen atoms in total. The van der Waals surface area contributed by atoms with E-state index in [-0.39, 0.29) is 22.8 Å². The molecule has 20 heavy (non-hydrogen) atoms. The molecule has 0 aliphatic carbocycles. The van der Waals surface area contributed by atoms with Crippen molar-refractivity contribution in [3.63, 3.8) is 0 Å². The molecule has 0 radical (unpaired) electrons. The summed E-state index contributed by atoms with van der Waals surface area (Å²) in [6.07, 6.45) is 0. The van der Waals surface area contributed by atoms with Crippen LogP contribution in [0.1, 0.15) is 15.9 Å². The first-order chi connectivity index (χ1) is 9.68. The Morgan fingerprint density at radius 3 is 2.05 bits per heavy atom. The lowest BCUT2D eigenvalue weighted by Crippen LogP contribution is -2.02. The molecule has 3 heteroatoms. The molecule has 0 saturated carbocycles. The molecule has 3 aromatic rings. The van der Waals surface area contributed by atoms with Gasteiger partial charge in [0.1, 0.15) is 11.5 Å². The lowest BCUT2D eigenvalue weighted by atomic mass is 9.96. The van der Waals surface area contributed by atoms with Crippen LogP contribution in [0.4, 0.5) is 0 Å². The Kier molecular flexibility index (Phi) is 2.88. The normalized spacial score (nSPS) is 10.6. The number of ketones is 1. The molecular formula is C17H12O3. The predicted octanol–water partition coefficient (Wildman–Crippen LogP) is 3.48. The van der Waals surface area contributed by atoms with E-state index in [0.29, 0.717) is 16.3 Å². The Morgan fingerprint density at radius 2 is 1.35 bits per heavy atom. The van der Waals surface area contributed by atoms with Gasteiger partial charge in [0.25, 0.3) is 0 Å². The highest BCUT2D eigenvalue weighted by atomic mass is 16.3. The van der Waals surface area contributed by atoms with E-state index in [1.54, 1.807) is 48.5 Å². The second kappa shape index (κ2) is 4.70. The molecule has 3 rings (SSSR count). The largest absolute Gasteiger partial charge is 0.507 e. The number of phenolic OH excluding ortho intramolecular Hbond substituents is 2. The fraction of sp³-hybridized carbons (Fsp3) is 0. The van der Waals surface area contributed by atoms with Crippen molar-refractivity contribution < 1.29 is 15.0 Å². The Hall–Kier alpha value is -2.81. The maximum Gasteiger partial charge on any atom is 0.197 e. The van der Waals surface area contributed by atoms with Crippen molar-refractivity contribution >= 4 is 16.6 Å². The minimum atomic E-state index is -0.265. The Bertz CT molecular complexity index is 792. The van der Waals surface area contributed by atoms with E-state index >= 15 is 0 Å². The van der Waals surface area contributed by atoms with E-state index in [2.05, 4.69) is 0 Å². The van der Waals surface area contributed by atoms with Crippen LogP contribution in [0.5, 0.6) is 11.5 Å². The monoisotopic (exact) mass is 264 g/mol. The molecule has 0 heterocycles. The van der Waals surface area contributed by atoms with Crippen molar-refractivity contribution in [2.45, 2.75) is 0 Å². The number of carbonyl (C=O) groups excluding carboxylic acids is 1. The molecule has 0 bridgehead atoms. The molecule has 0 amide bonds. The first-order valence-electron chi connectivity index (χ1n) is 6.22. The van der Waals surface area contributed by atoms with Crippen LogP contribution in [0, 0.1) is 0 Å². The first-order valence-corrected chi connectivity index (χ1v) is 6.22. The summed E-state index contributed by atoms with van der Waals surface area (Å²) in [5.74, 6) is -0.517. The highest BCUT2D eigenvalue weighted by Gasteiger charge is 2.18. The maximum atomic E-state index is 12.6. The van der Waals surface area contributed by atoms with Crippen LogP contribution < -0.4 is 0 Å². The summed E-state index contributed by atoms with van der Waals surface area (Å²) < 4.78 is 0. The average molecular weight is 264 g/mol. The lowest BCUT2D eigenvalue weighted by molar-refractivity contribution is 0.103. The number of rotatable bonds is 2. The number of phenols is 2. The highest BCUT2D eigenvalue weighted by molar-refractivity contribution is 6.19. The van der Waals surface area contributed by atoms with Gasteiger partial charge in [0.05, 0.1) is 5.56 Å². The second-order valence-electron chi connectivity index (χ2n) is 4.53. The summed E-state index contributed by atoms with van der Waals surface area (Å²) in [5.41, 5.74) is 0.711. The predicted molar refractivity (Wildman–Crippen MR) is 77.2 cm³/mol. The summed E-state index contributed by atoms with van der Waals surface area (Å²) in [6.45, 7) is 0. The molecule has 2 N–H and O–H groups in total. The van der Waals surface area contributed by atoms with Crippen molar-refractivity contribution in [1.29, 1.82) is 0 Å². The molecular weight excluding hydrogens is 252 g/mol. The molecule has 98 valence electrons. The van der Waals surface area contributed by atoms with Gasteiger partial charge in [0.2, 0.25) is 0 Å². The van der Waals surface area contributed by atoms with Crippen molar-refractivity contribution in [1.82, 2.24) is 0 Å². The molecule has 0 aliphatic heterocycles. The zero-order chi connectivity index (χ0) is 14.1. The average Bonchev–Trinajstić information content (AvgIpc) is 2.48. The SMILES string of the molecule is O=C(c1ccccc1)c1c(O)cc(O)c2ccccc12. The van der Waals surface area contributed by atoms with E-state index in [0.717, 1.165) is 0 Å². The van der Waals surface area contributed by atoms with Crippen molar-refractivity contribution in [2.24, 2.45) is 0 Å². The Labute approximate surface area is 115 Å². The minimum Gasteiger partial charge on any atom is -0.507 e. The number of carbonyl (C=O) groups is 1. The molecule has 0 fully saturated rings. The lowest BCUT2D eigenvalue weighted by Gasteiger charge is -2.10. The van der Waals surface area contributed by atoms with Gasteiger partial charge in [0.15, 0.2) is 5.78 Å². The third-order valence-corrected chi connectivity index (χ3v) is 3.26. The Balaban J connectivity index is 2.29. The fourth-order valence-electron chi connectivity index (χ4n) is 2.31. The van der Waals surface area contributed by atoms with Gasteiger partial charge in [-0.25, -0.2) is 0 Å². The maximum absolute atomic E-state index is 12.6. The standard InChI is InChI=1S/C17H12O3/c18-14-10-15(19)16(13-9-5-4-8-12(13)14)17(20)11-6-2-1-3-7-11/h1-10,18-19H. The number of hydrogen-bond acceptors (Lipinski definition) is 3. The third-order valence-electron chi connectivity index (χ3n) is 3.26. The molecule has 0 aliphatic rings. The van der Waals surface area contributed by atoms with Crippen LogP contribution in [0.15, 0.2) is 60.7 Å². The van der Waals surface area contributed by atoms with E-state index in [1.807, 2.05) is 6.07 Å². The summed E-state index contributed by atoms with van der Waals surface area (Å²) in [7, 11) is 0. The topological polar surface area (TPSA) is 57.5 Å². The van der Waals surface area contributed by atoms with Gasteiger partial charge in [-0.1, -0.05) is 54.6 Å². The molecule has 0 spiro atoms. The fourth-order valence-corrected chi connectivity index (χ4v) is 2.31. The first kappa shape index (κ1) is 12.2. The van der Waals surface area contributed by atoms with Crippen LogP contribution in [0.2, 0.25) is 0 Å². The Morgan fingerprint density at radius 1 is 0.750 bits per heavy atom. The van der Waals surface area contributed by atoms with Gasteiger partial charge in [0, 0.05) is 22.4 Å². The van der Waals surface area contributed by atoms with Crippen LogP contribution in [0.3, 0.4) is 0 Å². The summed E-state index contributed by atoms with van der Waals surface area (Å²) in [4.78, 5) is 12.6. The molecule has 0 atom stereocenters. The van der Waals surface area contributed by atoms with Crippen molar-refractivity contribution in [2.75, 3.05) is 0 Å². The second-order valence-corrected chi connectivity index (χ2v) is 4.53.